The van der Waals surface area contributed by atoms with E-state index in [2.05, 4.69) is 5.32 Å². The summed E-state index contributed by atoms with van der Waals surface area (Å²) in [5, 5.41) is 4.20. The molecule has 2 aromatic rings. The highest BCUT2D eigenvalue weighted by Gasteiger charge is 2.27. The number of rotatable bonds is 3. The van der Waals surface area contributed by atoms with Gasteiger partial charge in [-0.25, -0.2) is 9.59 Å². The monoisotopic (exact) mass is 298 g/mol. The molecule has 0 aromatic heterocycles. The van der Waals surface area contributed by atoms with Crippen molar-refractivity contribution in [3.05, 3.63) is 48.0 Å². The fraction of sp³-hybridized carbons (Fsp3) is 0.188. The minimum atomic E-state index is -0.579. The molecule has 6 heteroatoms. The smallest absolute Gasteiger partial charge is 0.339 e. The number of urea groups is 1. The maximum atomic E-state index is 12.2. The van der Waals surface area contributed by atoms with Gasteiger partial charge in [-0.1, -0.05) is 36.4 Å². The van der Waals surface area contributed by atoms with Crippen molar-refractivity contribution < 1.29 is 19.1 Å². The molecule has 0 unspecified atom stereocenters. The molecule has 6 nitrogen and oxygen atoms in total. The molecule has 0 spiro atoms. The summed E-state index contributed by atoms with van der Waals surface area (Å²) < 4.78 is 5.05. The second-order valence-corrected chi connectivity index (χ2v) is 4.88. The van der Waals surface area contributed by atoms with Gasteiger partial charge in [-0.15, -0.1) is 0 Å². The van der Waals surface area contributed by atoms with Gasteiger partial charge in [0.25, 0.3) is 5.91 Å². The Morgan fingerprint density at radius 2 is 1.91 bits per heavy atom. The summed E-state index contributed by atoms with van der Waals surface area (Å²) in [5.74, 6) is -1.10. The van der Waals surface area contributed by atoms with Crippen molar-refractivity contribution in [1.82, 2.24) is 10.2 Å². The van der Waals surface area contributed by atoms with Crippen LogP contribution >= 0.6 is 0 Å². The van der Waals surface area contributed by atoms with Crippen LogP contribution in [0.3, 0.4) is 0 Å². The summed E-state index contributed by atoms with van der Waals surface area (Å²) in [6.45, 7) is 0.265. The second kappa shape index (κ2) is 5.85. The highest BCUT2D eigenvalue weighted by Crippen LogP contribution is 2.19. The normalized spacial score (nSPS) is 14.0. The number of carbonyl (C=O) groups excluding carboxylic acids is 3. The molecule has 1 aliphatic rings. The highest BCUT2D eigenvalue weighted by atomic mass is 16.5. The van der Waals surface area contributed by atoms with Crippen molar-refractivity contribution >= 4 is 28.7 Å². The van der Waals surface area contributed by atoms with E-state index >= 15 is 0 Å². The number of benzene rings is 2. The van der Waals surface area contributed by atoms with E-state index in [1.54, 1.807) is 12.1 Å². The summed E-state index contributed by atoms with van der Waals surface area (Å²) in [7, 11) is 0. The molecule has 3 amide bonds. The molecule has 0 aliphatic carbocycles. The average Bonchev–Trinajstić information content (AvgIpc) is 2.98. The van der Waals surface area contributed by atoms with E-state index in [0.29, 0.717) is 18.7 Å². The van der Waals surface area contributed by atoms with Crippen molar-refractivity contribution in [1.29, 1.82) is 0 Å². The van der Waals surface area contributed by atoms with Gasteiger partial charge >= 0.3 is 12.0 Å². The number of carbonyl (C=O) groups is 3. The van der Waals surface area contributed by atoms with Crippen LogP contribution in [0.15, 0.2) is 42.5 Å². The lowest BCUT2D eigenvalue weighted by Gasteiger charge is -2.12. The van der Waals surface area contributed by atoms with E-state index in [0.717, 1.165) is 15.7 Å². The summed E-state index contributed by atoms with van der Waals surface area (Å²) >= 11 is 0. The van der Waals surface area contributed by atoms with Crippen molar-refractivity contribution in [3.8, 4) is 0 Å². The number of fused-ring (bicyclic) bond motifs is 1. The first-order valence-electron chi connectivity index (χ1n) is 6.90. The first-order chi connectivity index (χ1) is 10.7. The molecule has 0 bridgehead atoms. The van der Waals surface area contributed by atoms with Crippen LogP contribution in [0.5, 0.6) is 0 Å². The van der Waals surface area contributed by atoms with Gasteiger partial charge < -0.3 is 10.1 Å². The van der Waals surface area contributed by atoms with E-state index < -0.39 is 24.5 Å². The van der Waals surface area contributed by atoms with Gasteiger partial charge in [0.1, 0.15) is 0 Å². The highest BCUT2D eigenvalue weighted by molar-refractivity contribution is 6.05. The molecule has 22 heavy (non-hydrogen) atoms. The van der Waals surface area contributed by atoms with Crippen molar-refractivity contribution in [2.24, 2.45) is 0 Å². The molecule has 112 valence electrons. The summed E-state index contributed by atoms with van der Waals surface area (Å²) in [4.78, 5) is 36.4. The maximum absolute atomic E-state index is 12.2. The lowest BCUT2D eigenvalue weighted by atomic mass is 10.1. The van der Waals surface area contributed by atoms with E-state index in [-0.39, 0.29) is 0 Å². The predicted molar refractivity (Wildman–Crippen MR) is 79.3 cm³/mol. The SMILES string of the molecule is O=C(OCC(=O)N1CCNC1=O)c1cccc2ccccc12. The zero-order chi connectivity index (χ0) is 15.5. The Hall–Kier alpha value is -2.89. The zero-order valence-corrected chi connectivity index (χ0v) is 11.7. The van der Waals surface area contributed by atoms with Gasteiger partial charge in [-0.3, -0.25) is 9.69 Å². The molecule has 0 atom stereocenters. The molecule has 0 saturated carbocycles. The Kier molecular flexibility index (Phi) is 3.74. The number of imide groups is 1. The van der Waals surface area contributed by atoms with Crippen molar-refractivity contribution in [3.63, 3.8) is 0 Å². The number of hydrogen-bond donors (Lipinski definition) is 1. The minimum absolute atomic E-state index is 0.295. The van der Waals surface area contributed by atoms with E-state index in [1.165, 1.54) is 0 Å². The van der Waals surface area contributed by atoms with Crippen LogP contribution in [0.25, 0.3) is 10.8 Å². The lowest BCUT2D eigenvalue weighted by Crippen LogP contribution is -2.37. The Bertz CT molecular complexity index is 751. The quantitative estimate of drug-likeness (QED) is 0.872. The van der Waals surface area contributed by atoms with Crippen LogP contribution in [0, 0.1) is 0 Å². The third-order valence-corrected chi connectivity index (χ3v) is 3.49. The fourth-order valence-electron chi connectivity index (χ4n) is 2.40. The van der Waals surface area contributed by atoms with E-state index in [9.17, 15) is 14.4 Å². The van der Waals surface area contributed by atoms with Gasteiger partial charge in [0.2, 0.25) is 0 Å². The fourth-order valence-corrected chi connectivity index (χ4v) is 2.40. The third-order valence-electron chi connectivity index (χ3n) is 3.49. The summed E-state index contributed by atoms with van der Waals surface area (Å²) in [6.07, 6.45) is 0. The largest absolute Gasteiger partial charge is 0.452 e. The second-order valence-electron chi connectivity index (χ2n) is 4.88. The van der Waals surface area contributed by atoms with Crippen LogP contribution in [0.4, 0.5) is 4.79 Å². The molecule has 1 saturated heterocycles. The average molecular weight is 298 g/mol. The van der Waals surface area contributed by atoms with E-state index in [1.807, 2.05) is 30.3 Å². The Labute approximate surface area is 126 Å². The molecule has 1 fully saturated rings. The first-order valence-corrected chi connectivity index (χ1v) is 6.90. The predicted octanol–water partition coefficient (Wildman–Crippen LogP) is 1.55. The summed E-state index contributed by atoms with van der Waals surface area (Å²) in [5.41, 5.74) is 0.400. The van der Waals surface area contributed by atoms with E-state index in [4.69, 9.17) is 4.74 Å². The van der Waals surface area contributed by atoms with Gasteiger partial charge in [0.15, 0.2) is 6.61 Å². The topological polar surface area (TPSA) is 75.7 Å². The number of nitrogens with zero attached hydrogens (tertiary/aromatic N) is 1. The number of nitrogens with one attached hydrogen (secondary N) is 1. The summed E-state index contributed by atoms with van der Waals surface area (Å²) in [6, 6.07) is 12.3. The molecular formula is C16H14N2O4. The lowest BCUT2D eigenvalue weighted by molar-refractivity contribution is -0.130. The molecular weight excluding hydrogens is 284 g/mol. The van der Waals surface area contributed by atoms with Crippen LogP contribution in [-0.4, -0.2) is 42.5 Å². The Balaban J connectivity index is 1.71. The van der Waals surface area contributed by atoms with Crippen LogP contribution in [-0.2, 0) is 9.53 Å². The first kappa shape index (κ1) is 14.1. The van der Waals surface area contributed by atoms with Crippen molar-refractivity contribution in [2.45, 2.75) is 0 Å². The van der Waals surface area contributed by atoms with Crippen LogP contribution < -0.4 is 5.32 Å². The molecule has 1 aliphatic heterocycles. The van der Waals surface area contributed by atoms with Gasteiger partial charge in [-0.2, -0.15) is 0 Å². The van der Waals surface area contributed by atoms with Crippen molar-refractivity contribution in [2.75, 3.05) is 19.7 Å². The number of ether oxygens (including phenoxy) is 1. The molecule has 2 aromatic carbocycles. The number of amides is 3. The standard InChI is InChI=1S/C16H14N2O4/c19-14(18-9-8-17-16(18)21)10-22-15(20)13-7-3-5-11-4-1-2-6-12(11)13/h1-7H,8-10H2,(H,17,21). The molecule has 1 heterocycles. The zero-order valence-electron chi connectivity index (χ0n) is 11.7. The van der Waals surface area contributed by atoms with Gasteiger partial charge in [0.05, 0.1) is 5.56 Å². The maximum Gasteiger partial charge on any atom is 0.339 e. The number of esters is 1. The minimum Gasteiger partial charge on any atom is -0.452 e. The third kappa shape index (κ3) is 2.63. The molecule has 3 rings (SSSR count). The number of hydrogen-bond acceptors (Lipinski definition) is 4. The molecule has 1 N–H and O–H groups in total. The molecule has 0 radical (unpaired) electrons. The van der Waals surface area contributed by atoms with Crippen LogP contribution in [0.1, 0.15) is 10.4 Å². The Morgan fingerprint density at radius 1 is 1.14 bits per heavy atom. The van der Waals surface area contributed by atoms with Crippen LogP contribution in [0.2, 0.25) is 0 Å². The van der Waals surface area contributed by atoms with Gasteiger partial charge in [-0.05, 0) is 16.8 Å². The van der Waals surface area contributed by atoms with Gasteiger partial charge in [0, 0.05) is 13.1 Å². The Morgan fingerprint density at radius 3 is 2.68 bits per heavy atom.